The Bertz CT molecular complexity index is 1280. The molecule has 8 nitrogen and oxygen atoms in total. The molecule has 1 amide bonds. The molecule has 4 aromatic rings. The number of carbonyl (C=O) groups is 1. The van der Waals surface area contributed by atoms with E-state index < -0.39 is 0 Å². The average molecular weight is 412 g/mol. The lowest BCUT2D eigenvalue weighted by molar-refractivity contribution is -0.116. The van der Waals surface area contributed by atoms with E-state index in [9.17, 15) is 4.79 Å². The Morgan fingerprint density at radius 1 is 0.968 bits per heavy atom. The van der Waals surface area contributed by atoms with Crippen molar-refractivity contribution in [1.29, 1.82) is 0 Å². The number of ether oxygens (including phenoxy) is 1. The third kappa shape index (κ3) is 3.12. The molecule has 2 aromatic heterocycles. The summed E-state index contributed by atoms with van der Waals surface area (Å²) in [5.41, 5.74) is 5.29. The normalized spacial score (nSPS) is 16.2. The number of morpholine rings is 1. The molecule has 2 aromatic carbocycles. The number of anilines is 3. The lowest BCUT2D eigenvalue weighted by Gasteiger charge is -2.28. The smallest absolute Gasteiger partial charge is 0.238 e. The van der Waals surface area contributed by atoms with Gasteiger partial charge in [-0.2, -0.15) is 5.10 Å². The highest BCUT2D eigenvalue weighted by Crippen LogP contribution is 2.35. The number of fused-ring (bicyclic) bond motifs is 2. The molecule has 0 atom stereocenters. The first-order valence-electron chi connectivity index (χ1n) is 10.3. The van der Waals surface area contributed by atoms with Crippen LogP contribution >= 0.6 is 0 Å². The molecule has 6 rings (SSSR count). The van der Waals surface area contributed by atoms with Gasteiger partial charge < -0.3 is 9.64 Å². The Morgan fingerprint density at radius 3 is 2.61 bits per heavy atom. The van der Waals surface area contributed by atoms with Crippen molar-refractivity contribution >= 4 is 34.0 Å². The summed E-state index contributed by atoms with van der Waals surface area (Å²) < 4.78 is 5.43. The Hall–Kier alpha value is -3.78. The largest absolute Gasteiger partial charge is 0.378 e. The first-order chi connectivity index (χ1) is 15.3. The van der Waals surface area contributed by atoms with Crippen molar-refractivity contribution in [3.63, 3.8) is 0 Å². The molecule has 0 spiro atoms. The summed E-state index contributed by atoms with van der Waals surface area (Å²) in [4.78, 5) is 26.1. The van der Waals surface area contributed by atoms with Gasteiger partial charge in [0.05, 0.1) is 54.6 Å². The number of rotatable bonds is 3. The SMILES string of the molecule is O=C1Cc2ncc(-c3ccc(N4CCOCC4)cc3)nc2N1c1ccc2[nH]ncc2c1. The van der Waals surface area contributed by atoms with Crippen LogP contribution in [0.3, 0.4) is 0 Å². The van der Waals surface area contributed by atoms with Crippen LogP contribution in [-0.4, -0.2) is 52.4 Å². The molecule has 0 bridgehead atoms. The summed E-state index contributed by atoms with van der Waals surface area (Å²) in [6.45, 7) is 3.31. The first-order valence-corrected chi connectivity index (χ1v) is 10.3. The molecule has 1 N–H and O–H groups in total. The third-order valence-electron chi connectivity index (χ3n) is 5.83. The van der Waals surface area contributed by atoms with Crippen LogP contribution in [0.4, 0.5) is 17.2 Å². The fourth-order valence-electron chi connectivity index (χ4n) is 4.19. The third-order valence-corrected chi connectivity index (χ3v) is 5.83. The van der Waals surface area contributed by atoms with Crippen molar-refractivity contribution in [3.05, 3.63) is 60.6 Å². The van der Waals surface area contributed by atoms with Gasteiger partial charge >= 0.3 is 0 Å². The Kier molecular flexibility index (Phi) is 4.17. The van der Waals surface area contributed by atoms with E-state index in [2.05, 4.69) is 44.3 Å². The summed E-state index contributed by atoms with van der Waals surface area (Å²) in [6.07, 6.45) is 3.75. The fraction of sp³-hybridized carbons (Fsp3) is 0.217. The van der Waals surface area contributed by atoms with Crippen molar-refractivity contribution in [2.24, 2.45) is 0 Å². The number of hydrogen-bond donors (Lipinski definition) is 1. The number of nitrogens with one attached hydrogen (secondary N) is 1. The zero-order valence-electron chi connectivity index (χ0n) is 16.8. The fourth-order valence-corrected chi connectivity index (χ4v) is 4.19. The highest BCUT2D eigenvalue weighted by molar-refractivity contribution is 6.07. The van der Waals surface area contributed by atoms with Crippen molar-refractivity contribution in [2.75, 3.05) is 36.1 Å². The predicted octanol–water partition coefficient (Wildman–Crippen LogP) is 3.08. The second kappa shape index (κ2) is 7.17. The van der Waals surface area contributed by atoms with Crippen LogP contribution in [0.2, 0.25) is 0 Å². The van der Waals surface area contributed by atoms with Gasteiger partial charge in [-0.15, -0.1) is 0 Å². The molecular weight excluding hydrogens is 392 g/mol. The number of aromatic amines is 1. The Labute approximate surface area is 178 Å². The van der Waals surface area contributed by atoms with Gasteiger partial charge in [-0.1, -0.05) is 12.1 Å². The van der Waals surface area contributed by atoms with E-state index >= 15 is 0 Å². The minimum absolute atomic E-state index is 0.0299. The van der Waals surface area contributed by atoms with E-state index in [-0.39, 0.29) is 12.3 Å². The molecule has 1 fully saturated rings. The summed E-state index contributed by atoms with van der Waals surface area (Å²) in [7, 11) is 0. The van der Waals surface area contributed by atoms with Crippen LogP contribution in [0.1, 0.15) is 5.69 Å². The van der Waals surface area contributed by atoms with Crippen molar-refractivity contribution in [3.8, 4) is 11.3 Å². The molecule has 2 aliphatic rings. The van der Waals surface area contributed by atoms with Gasteiger partial charge in [-0.25, -0.2) is 4.98 Å². The molecule has 1 saturated heterocycles. The minimum Gasteiger partial charge on any atom is -0.378 e. The molecule has 4 heterocycles. The van der Waals surface area contributed by atoms with E-state index in [1.54, 1.807) is 17.3 Å². The summed E-state index contributed by atoms with van der Waals surface area (Å²) in [6, 6.07) is 14.1. The molecule has 154 valence electrons. The quantitative estimate of drug-likeness (QED) is 0.557. The number of nitrogens with zero attached hydrogens (tertiary/aromatic N) is 5. The summed E-state index contributed by atoms with van der Waals surface area (Å²) >= 11 is 0. The summed E-state index contributed by atoms with van der Waals surface area (Å²) in [5, 5.41) is 7.94. The van der Waals surface area contributed by atoms with Crippen LogP contribution in [0.5, 0.6) is 0 Å². The van der Waals surface area contributed by atoms with Crippen molar-refractivity contribution < 1.29 is 9.53 Å². The Morgan fingerprint density at radius 2 is 1.77 bits per heavy atom. The maximum atomic E-state index is 12.8. The predicted molar refractivity (Wildman–Crippen MR) is 117 cm³/mol. The topological polar surface area (TPSA) is 87.2 Å². The van der Waals surface area contributed by atoms with E-state index in [0.717, 1.165) is 54.2 Å². The van der Waals surface area contributed by atoms with E-state index in [1.165, 1.54) is 5.69 Å². The summed E-state index contributed by atoms with van der Waals surface area (Å²) in [5.74, 6) is 0.570. The van der Waals surface area contributed by atoms with Gasteiger partial charge in [0.2, 0.25) is 5.91 Å². The van der Waals surface area contributed by atoms with Gasteiger partial charge in [-0.05, 0) is 30.3 Å². The molecule has 31 heavy (non-hydrogen) atoms. The molecule has 0 saturated carbocycles. The maximum Gasteiger partial charge on any atom is 0.238 e. The molecule has 0 unspecified atom stereocenters. The van der Waals surface area contributed by atoms with Crippen LogP contribution in [0, 0.1) is 0 Å². The highest BCUT2D eigenvalue weighted by atomic mass is 16.5. The van der Waals surface area contributed by atoms with E-state index in [4.69, 9.17) is 9.72 Å². The standard InChI is InChI=1S/C23H20N6O2/c30-22-12-20-23(29(22)18-5-6-19-16(11-18)13-25-27-19)26-21(14-24-20)15-1-3-17(4-2-15)28-7-9-31-10-8-28/h1-6,11,13-14H,7-10,12H2,(H,25,27). The monoisotopic (exact) mass is 412 g/mol. The Balaban J connectivity index is 1.34. The molecule has 0 aliphatic carbocycles. The van der Waals surface area contributed by atoms with Gasteiger partial charge in [0.25, 0.3) is 0 Å². The minimum atomic E-state index is -0.0299. The number of carbonyl (C=O) groups excluding carboxylic acids is 1. The number of H-pyrrole nitrogens is 1. The molecule has 2 aliphatic heterocycles. The lowest BCUT2D eigenvalue weighted by Crippen LogP contribution is -2.36. The number of hydrogen-bond acceptors (Lipinski definition) is 6. The number of aromatic nitrogens is 4. The zero-order chi connectivity index (χ0) is 20.8. The van der Waals surface area contributed by atoms with Crippen molar-refractivity contribution in [1.82, 2.24) is 20.2 Å². The maximum absolute atomic E-state index is 12.8. The van der Waals surface area contributed by atoms with Crippen LogP contribution in [0.25, 0.3) is 22.2 Å². The molecule has 0 radical (unpaired) electrons. The second-order valence-corrected chi connectivity index (χ2v) is 7.72. The van der Waals surface area contributed by atoms with Crippen LogP contribution in [0.15, 0.2) is 54.9 Å². The highest BCUT2D eigenvalue weighted by Gasteiger charge is 2.32. The molecule has 8 heteroatoms. The van der Waals surface area contributed by atoms with E-state index in [0.29, 0.717) is 11.5 Å². The van der Waals surface area contributed by atoms with Gasteiger partial charge in [0.15, 0.2) is 5.82 Å². The number of amides is 1. The zero-order valence-corrected chi connectivity index (χ0v) is 16.8. The average Bonchev–Trinajstić information content (AvgIpc) is 3.42. The lowest BCUT2D eigenvalue weighted by atomic mass is 10.1. The van der Waals surface area contributed by atoms with Crippen molar-refractivity contribution in [2.45, 2.75) is 6.42 Å². The number of benzene rings is 2. The van der Waals surface area contributed by atoms with E-state index in [1.807, 2.05) is 18.2 Å². The second-order valence-electron chi connectivity index (χ2n) is 7.72. The first kappa shape index (κ1) is 18.0. The van der Waals surface area contributed by atoms with Gasteiger partial charge in [-0.3, -0.25) is 19.8 Å². The van der Waals surface area contributed by atoms with Crippen LogP contribution < -0.4 is 9.80 Å². The van der Waals surface area contributed by atoms with Gasteiger partial charge in [0, 0.05) is 29.7 Å². The van der Waals surface area contributed by atoms with Gasteiger partial charge in [0.1, 0.15) is 0 Å². The van der Waals surface area contributed by atoms with Crippen LogP contribution in [-0.2, 0) is 16.0 Å². The molecular formula is C23H20N6O2.